The molecule has 0 atom stereocenters. The lowest BCUT2D eigenvalue weighted by Crippen LogP contribution is -2.01. The quantitative estimate of drug-likeness (QED) is 0.868. The molecule has 1 heterocycles. The molecule has 1 N–H and O–H groups in total. The van der Waals surface area contributed by atoms with Crippen molar-refractivity contribution in [3.63, 3.8) is 0 Å². The average molecular weight is 272 g/mol. The Kier molecular flexibility index (Phi) is 3.60. The molecule has 1 aromatic heterocycles. The molecule has 2 aromatic rings. The highest BCUT2D eigenvalue weighted by Gasteiger charge is 2.08. The van der Waals surface area contributed by atoms with Crippen LogP contribution >= 0.6 is 23.2 Å². The minimum Gasteiger partial charge on any atom is -0.469 e. The number of halogens is 2. The van der Waals surface area contributed by atoms with E-state index < -0.39 is 0 Å². The van der Waals surface area contributed by atoms with Crippen LogP contribution in [0.2, 0.25) is 10.0 Å². The monoisotopic (exact) mass is 271 g/mol. The van der Waals surface area contributed by atoms with Crippen molar-refractivity contribution in [1.29, 1.82) is 0 Å². The standard InChI is InChI=1S/C12H11Cl2NO2/c1-17-11(16)3-2-9-5-7-4-8(13)6-10(14)12(7)15-9/h4-6,15H,2-3H2,1H3. The van der Waals surface area contributed by atoms with E-state index in [1.54, 1.807) is 6.07 Å². The SMILES string of the molecule is COC(=O)CCc1cc2cc(Cl)cc(Cl)c2[nH]1. The van der Waals surface area contributed by atoms with Gasteiger partial charge in [-0.15, -0.1) is 0 Å². The van der Waals surface area contributed by atoms with Gasteiger partial charge >= 0.3 is 5.97 Å². The lowest BCUT2D eigenvalue weighted by atomic mass is 10.2. The summed E-state index contributed by atoms with van der Waals surface area (Å²) in [6, 6.07) is 5.46. The van der Waals surface area contributed by atoms with Gasteiger partial charge in [-0.25, -0.2) is 0 Å². The van der Waals surface area contributed by atoms with Crippen LogP contribution in [0.15, 0.2) is 18.2 Å². The molecule has 3 nitrogen and oxygen atoms in total. The van der Waals surface area contributed by atoms with Gasteiger partial charge < -0.3 is 9.72 Å². The predicted octanol–water partition coefficient (Wildman–Crippen LogP) is 3.58. The van der Waals surface area contributed by atoms with E-state index in [0.29, 0.717) is 22.9 Å². The van der Waals surface area contributed by atoms with Crippen LogP contribution in [0.25, 0.3) is 10.9 Å². The highest BCUT2D eigenvalue weighted by atomic mass is 35.5. The number of rotatable bonds is 3. The van der Waals surface area contributed by atoms with Crippen molar-refractivity contribution in [2.24, 2.45) is 0 Å². The zero-order chi connectivity index (χ0) is 12.4. The molecular weight excluding hydrogens is 261 g/mol. The number of nitrogens with one attached hydrogen (secondary N) is 1. The highest BCUT2D eigenvalue weighted by Crippen LogP contribution is 2.28. The summed E-state index contributed by atoms with van der Waals surface area (Å²) in [6.45, 7) is 0. The topological polar surface area (TPSA) is 42.1 Å². The van der Waals surface area contributed by atoms with E-state index in [1.807, 2.05) is 12.1 Å². The van der Waals surface area contributed by atoms with E-state index in [0.717, 1.165) is 16.6 Å². The molecule has 0 fully saturated rings. The maximum Gasteiger partial charge on any atom is 0.305 e. The van der Waals surface area contributed by atoms with Crippen LogP contribution in [-0.2, 0) is 16.0 Å². The first-order valence-corrected chi connectivity index (χ1v) is 5.89. The van der Waals surface area contributed by atoms with E-state index in [1.165, 1.54) is 7.11 Å². The van der Waals surface area contributed by atoms with Crippen molar-refractivity contribution >= 4 is 40.1 Å². The van der Waals surface area contributed by atoms with E-state index >= 15 is 0 Å². The molecule has 0 radical (unpaired) electrons. The Bertz CT molecular complexity index is 563. The average Bonchev–Trinajstić information content (AvgIpc) is 2.69. The van der Waals surface area contributed by atoms with Crippen LogP contribution in [0.1, 0.15) is 12.1 Å². The van der Waals surface area contributed by atoms with E-state index in [-0.39, 0.29) is 5.97 Å². The van der Waals surface area contributed by atoms with Gasteiger partial charge in [0.15, 0.2) is 0 Å². The maximum absolute atomic E-state index is 11.0. The molecule has 0 aliphatic heterocycles. The zero-order valence-electron chi connectivity index (χ0n) is 9.22. The summed E-state index contributed by atoms with van der Waals surface area (Å²) < 4.78 is 4.59. The van der Waals surface area contributed by atoms with Crippen LogP contribution in [0.3, 0.4) is 0 Å². The molecule has 0 aliphatic carbocycles. The number of aromatic amines is 1. The normalized spacial score (nSPS) is 10.8. The number of benzene rings is 1. The molecule has 0 spiro atoms. The summed E-state index contributed by atoms with van der Waals surface area (Å²) >= 11 is 12.0. The number of H-pyrrole nitrogens is 1. The van der Waals surface area contributed by atoms with Crippen molar-refractivity contribution < 1.29 is 9.53 Å². The van der Waals surface area contributed by atoms with Gasteiger partial charge in [-0.2, -0.15) is 0 Å². The van der Waals surface area contributed by atoms with Crippen molar-refractivity contribution in [2.45, 2.75) is 12.8 Å². The number of carbonyl (C=O) groups excluding carboxylic acids is 1. The largest absolute Gasteiger partial charge is 0.469 e. The van der Waals surface area contributed by atoms with Crippen LogP contribution in [0.5, 0.6) is 0 Å². The van der Waals surface area contributed by atoms with Gasteiger partial charge in [0.05, 0.1) is 24.1 Å². The molecule has 0 unspecified atom stereocenters. The Morgan fingerprint density at radius 1 is 1.35 bits per heavy atom. The first-order valence-electron chi connectivity index (χ1n) is 5.13. The van der Waals surface area contributed by atoms with Crippen molar-refractivity contribution in [1.82, 2.24) is 4.98 Å². The molecule has 1 aromatic carbocycles. The van der Waals surface area contributed by atoms with Gasteiger partial charge in [-0.1, -0.05) is 23.2 Å². The number of ether oxygens (including phenoxy) is 1. The fourth-order valence-corrected chi connectivity index (χ4v) is 2.25. The minimum atomic E-state index is -0.229. The lowest BCUT2D eigenvalue weighted by Gasteiger charge is -1.97. The molecule has 90 valence electrons. The first kappa shape index (κ1) is 12.3. The van der Waals surface area contributed by atoms with Crippen molar-refractivity contribution in [3.8, 4) is 0 Å². The first-order chi connectivity index (χ1) is 8.10. The third-order valence-corrected chi connectivity index (χ3v) is 3.04. The van der Waals surface area contributed by atoms with Crippen LogP contribution in [-0.4, -0.2) is 18.1 Å². The fraction of sp³-hybridized carbons (Fsp3) is 0.250. The molecule has 2 rings (SSSR count). The number of esters is 1. The number of aromatic nitrogens is 1. The van der Waals surface area contributed by atoms with Crippen molar-refractivity contribution in [2.75, 3.05) is 7.11 Å². The molecule has 0 amide bonds. The van der Waals surface area contributed by atoms with Crippen LogP contribution < -0.4 is 0 Å². The van der Waals surface area contributed by atoms with Gasteiger partial charge in [0.25, 0.3) is 0 Å². The minimum absolute atomic E-state index is 0.229. The molecule has 5 heteroatoms. The Hall–Kier alpha value is -1.19. The fourth-order valence-electron chi connectivity index (χ4n) is 1.70. The number of hydrogen-bond donors (Lipinski definition) is 1. The second-order valence-electron chi connectivity index (χ2n) is 3.72. The Labute approximate surface area is 109 Å². The van der Waals surface area contributed by atoms with Gasteiger partial charge in [-0.05, 0) is 24.6 Å². The number of fused-ring (bicyclic) bond motifs is 1. The van der Waals surface area contributed by atoms with Gasteiger partial charge in [0.1, 0.15) is 0 Å². The number of hydrogen-bond acceptors (Lipinski definition) is 2. The molecular formula is C12H11Cl2NO2. The summed E-state index contributed by atoms with van der Waals surface area (Å²) in [7, 11) is 1.38. The third kappa shape index (κ3) is 2.73. The summed E-state index contributed by atoms with van der Waals surface area (Å²) in [5.41, 5.74) is 1.78. The molecule has 0 saturated heterocycles. The summed E-state index contributed by atoms with van der Waals surface area (Å²) in [5, 5.41) is 2.13. The Morgan fingerprint density at radius 3 is 2.82 bits per heavy atom. The molecule has 0 bridgehead atoms. The Balaban J connectivity index is 2.26. The zero-order valence-corrected chi connectivity index (χ0v) is 10.7. The van der Waals surface area contributed by atoms with E-state index in [2.05, 4.69) is 9.72 Å². The third-order valence-electron chi connectivity index (χ3n) is 2.53. The summed E-state index contributed by atoms with van der Waals surface area (Å²) in [4.78, 5) is 14.2. The predicted molar refractivity (Wildman–Crippen MR) is 68.7 cm³/mol. The van der Waals surface area contributed by atoms with E-state index in [4.69, 9.17) is 23.2 Å². The number of carbonyl (C=O) groups is 1. The molecule has 0 aliphatic rings. The second-order valence-corrected chi connectivity index (χ2v) is 4.57. The molecule has 0 saturated carbocycles. The van der Waals surface area contributed by atoms with Crippen LogP contribution in [0, 0.1) is 0 Å². The summed E-state index contributed by atoms with van der Waals surface area (Å²) in [5.74, 6) is -0.229. The van der Waals surface area contributed by atoms with Crippen LogP contribution in [0.4, 0.5) is 0 Å². The second kappa shape index (κ2) is 4.98. The lowest BCUT2D eigenvalue weighted by molar-refractivity contribution is -0.140. The van der Waals surface area contributed by atoms with Gasteiger partial charge in [-0.3, -0.25) is 4.79 Å². The smallest absolute Gasteiger partial charge is 0.305 e. The number of methoxy groups -OCH3 is 1. The Morgan fingerprint density at radius 2 is 2.12 bits per heavy atom. The number of aryl methyl sites for hydroxylation is 1. The van der Waals surface area contributed by atoms with Gasteiger partial charge in [0, 0.05) is 16.1 Å². The molecule has 17 heavy (non-hydrogen) atoms. The van der Waals surface area contributed by atoms with E-state index in [9.17, 15) is 4.79 Å². The highest BCUT2D eigenvalue weighted by molar-refractivity contribution is 6.38. The maximum atomic E-state index is 11.0. The van der Waals surface area contributed by atoms with Gasteiger partial charge in [0.2, 0.25) is 0 Å². The van der Waals surface area contributed by atoms with Crippen molar-refractivity contribution in [3.05, 3.63) is 33.9 Å². The summed E-state index contributed by atoms with van der Waals surface area (Å²) in [6.07, 6.45) is 0.934.